The molecule has 1 aromatic heterocycles. The zero-order valence-electron chi connectivity index (χ0n) is 15.7. The molecule has 0 unspecified atom stereocenters. The number of fused-ring (bicyclic) bond motifs is 1. The lowest BCUT2D eigenvalue weighted by Gasteiger charge is -2.12. The van der Waals surface area contributed by atoms with Crippen LogP contribution in [0.1, 0.15) is 5.56 Å². The lowest BCUT2D eigenvalue weighted by Crippen LogP contribution is -2.20. The van der Waals surface area contributed by atoms with Crippen LogP contribution in [0.15, 0.2) is 68.0 Å². The highest BCUT2D eigenvalue weighted by molar-refractivity contribution is 9.11. The van der Waals surface area contributed by atoms with Crippen LogP contribution in [-0.2, 0) is 4.79 Å². The Hall–Kier alpha value is -2.35. The first-order valence-electron chi connectivity index (χ1n) is 8.94. The number of oxazole rings is 1. The van der Waals surface area contributed by atoms with Crippen LogP contribution < -0.4 is 10.1 Å². The van der Waals surface area contributed by atoms with Crippen molar-refractivity contribution in [3.05, 3.63) is 74.1 Å². The van der Waals surface area contributed by atoms with Crippen LogP contribution in [0, 0.1) is 6.92 Å². The molecule has 0 radical (unpaired) electrons. The molecule has 0 aliphatic rings. The molecule has 1 amide bonds. The summed E-state index contributed by atoms with van der Waals surface area (Å²) in [6.45, 7) is 1.80. The fraction of sp³-hybridized carbons (Fsp3) is 0.0909. The summed E-state index contributed by atoms with van der Waals surface area (Å²) in [5.41, 5.74) is 3.63. The molecule has 30 heavy (non-hydrogen) atoms. The third kappa shape index (κ3) is 4.69. The van der Waals surface area contributed by atoms with E-state index in [4.69, 9.17) is 20.8 Å². The highest BCUT2D eigenvalue weighted by Crippen LogP contribution is 2.32. The van der Waals surface area contributed by atoms with Gasteiger partial charge in [0, 0.05) is 20.7 Å². The van der Waals surface area contributed by atoms with Crippen molar-refractivity contribution in [2.45, 2.75) is 6.92 Å². The SMILES string of the molecule is Cc1cc(Br)cc(Br)c1OCC(=O)Nc1ccc2oc(-c3ccc(Cl)cc3)nc2c1. The van der Waals surface area contributed by atoms with Gasteiger partial charge in [0.15, 0.2) is 12.2 Å². The highest BCUT2D eigenvalue weighted by Gasteiger charge is 2.12. The van der Waals surface area contributed by atoms with Gasteiger partial charge >= 0.3 is 0 Å². The second-order valence-corrected chi connectivity index (χ2v) is 8.79. The summed E-state index contributed by atoms with van der Waals surface area (Å²) in [4.78, 5) is 16.9. The lowest BCUT2D eigenvalue weighted by atomic mass is 10.2. The number of hydrogen-bond acceptors (Lipinski definition) is 4. The second-order valence-electron chi connectivity index (χ2n) is 6.58. The van der Waals surface area contributed by atoms with Gasteiger partial charge in [-0.2, -0.15) is 0 Å². The Kier molecular flexibility index (Phi) is 6.13. The molecule has 3 aromatic carbocycles. The molecular weight excluding hydrogens is 536 g/mol. The predicted molar refractivity (Wildman–Crippen MR) is 125 cm³/mol. The minimum absolute atomic E-state index is 0.117. The Labute approximate surface area is 194 Å². The van der Waals surface area contributed by atoms with Crippen molar-refractivity contribution in [2.75, 3.05) is 11.9 Å². The fourth-order valence-electron chi connectivity index (χ4n) is 2.93. The third-order valence-corrected chi connectivity index (χ3v) is 5.60. The number of ether oxygens (including phenoxy) is 1. The molecule has 1 N–H and O–H groups in total. The quantitative estimate of drug-likeness (QED) is 0.291. The number of amides is 1. The summed E-state index contributed by atoms with van der Waals surface area (Å²) >= 11 is 12.8. The topological polar surface area (TPSA) is 64.4 Å². The van der Waals surface area contributed by atoms with Gasteiger partial charge in [-0.05, 0) is 83.0 Å². The van der Waals surface area contributed by atoms with Crippen LogP contribution in [0.3, 0.4) is 0 Å². The van der Waals surface area contributed by atoms with Gasteiger partial charge in [-0.1, -0.05) is 27.5 Å². The maximum absolute atomic E-state index is 12.4. The maximum Gasteiger partial charge on any atom is 0.262 e. The van der Waals surface area contributed by atoms with Gasteiger partial charge in [0.05, 0.1) is 4.47 Å². The fourth-order valence-corrected chi connectivity index (χ4v) is 4.61. The lowest BCUT2D eigenvalue weighted by molar-refractivity contribution is -0.118. The molecule has 8 heteroatoms. The van der Waals surface area contributed by atoms with E-state index in [1.165, 1.54) is 0 Å². The monoisotopic (exact) mass is 548 g/mol. The number of aryl methyl sites for hydroxylation is 1. The van der Waals surface area contributed by atoms with E-state index in [0.29, 0.717) is 33.4 Å². The van der Waals surface area contributed by atoms with Crippen LogP contribution in [0.5, 0.6) is 5.75 Å². The summed E-state index contributed by atoms with van der Waals surface area (Å²) in [5.74, 6) is 0.849. The van der Waals surface area contributed by atoms with Crippen molar-refractivity contribution in [1.29, 1.82) is 0 Å². The third-order valence-electron chi connectivity index (χ3n) is 4.30. The number of carbonyl (C=O) groups is 1. The summed E-state index contributed by atoms with van der Waals surface area (Å²) in [7, 11) is 0. The van der Waals surface area contributed by atoms with E-state index in [1.807, 2.05) is 31.2 Å². The van der Waals surface area contributed by atoms with Gasteiger partial charge < -0.3 is 14.5 Å². The van der Waals surface area contributed by atoms with Crippen LogP contribution in [0.2, 0.25) is 5.02 Å². The molecule has 0 atom stereocenters. The number of halogens is 3. The zero-order valence-corrected chi connectivity index (χ0v) is 19.6. The van der Waals surface area contributed by atoms with Gasteiger partial charge in [0.2, 0.25) is 5.89 Å². The van der Waals surface area contributed by atoms with E-state index in [0.717, 1.165) is 20.1 Å². The minimum Gasteiger partial charge on any atom is -0.482 e. The Bertz CT molecular complexity index is 1220. The van der Waals surface area contributed by atoms with Gasteiger partial charge in [-0.3, -0.25) is 4.79 Å². The molecule has 0 aliphatic heterocycles. The number of nitrogens with one attached hydrogen (secondary N) is 1. The Morgan fingerprint density at radius 2 is 1.90 bits per heavy atom. The molecule has 4 rings (SSSR count). The molecule has 0 aliphatic carbocycles. The van der Waals surface area contributed by atoms with Crippen molar-refractivity contribution >= 4 is 66.2 Å². The number of aromatic nitrogens is 1. The van der Waals surface area contributed by atoms with Crippen molar-refractivity contribution < 1.29 is 13.9 Å². The van der Waals surface area contributed by atoms with E-state index in [9.17, 15) is 4.79 Å². The molecule has 0 saturated carbocycles. The van der Waals surface area contributed by atoms with E-state index in [-0.39, 0.29) is 12.5 Å². The molecule has 0 saturated heterocycles. The van der Waals surface area contributed by atoms with Crippen LogP contribution in [0.4, 0.5) is 5.69 Å². The molecule has 1 heterocycles. The smallest absolute Gasteiger partial charge is 0.262 e. The summed E-state index contributed by atoms with van der Waals surface area (Å²) in [6.07, 6.45) is 0. The first-order valence-corrected chi connectivity index (χ1v) is 10.9. The molecule has 0 bridgehead atoms. The molecular formula is C22H15Br2ClN2O3. The molecule has 152 valence electrons. The van der Waals surface area contributed by atoms with Crippen LogP contribution in [-0.4, -0.2) is 17.5 Å². The van der Waals surface area contributed by atoms with Crippen molar-refractivity contribution in [3.8, 4) is 17.2 Å². The molecule has 5 nitrogen and oxygen atoms in total. The second kappa shape index (κ2) is 8.79. The number of hydrogen-bond donors (Lipinski definition) is 1. The molecule has 4 aromatic rings. The van der Waals surface area contributed by atoms with E-state index < -0.39 is 0 Å². The van der Waals surface area contributed by atoms with E-state index in [1.54, 1.807) is 30.3 Å². The normalized spacial score (nSPS) is 10.9. The van der Waals surface area contributed by atoms with Crippen LogP contribution >= 0.6 is 43.5 Å². The standard InChI is InChI=1S/C22H15Br2ClN2O3/c1-12-8-14(23)9-17(24)21(12)29-11-20(28)26-16-6-7-19-18(10-16)27-22(30-19)13-2-4-15(25)5-3-13/h2-10H,11H2,1H3,(H,26,28). The largest absolute Gasteiger partial charge is 0.482 e. The molecule has 0 fully saturated rings. The number of anilines is 1. The number of rotatable bonds is 5. The van der Waals surface area contributed by atoms with Gasteiger partial charge in [-0.15, -0.1) is 0 Å². The minimum atomic E-state index is -0.273. The van der Waals surface area contributed by atoms with Crippen molar-refractivity contribution in [1.82, 2.24) is 4.98 Å². The Morgan fingerprint density at radius 1 is 1.13 bits per heavy atom. The Balaban J connectivity index is 1.46. The Morgan fingerprint density at radius 3 is 2.63 bits per heavy atom. The maximum atomic E-state index is 12.4. The van der Waals surface area contributed by atoms with Crippen molar-refractivity contribution in [2.24, 2.45) is 0 Å². The van der Waals surface area contributed by atoms with E-state index in [2.05, 4.69) is 42.2 Å². The molecule has 0 spiro atoms. The number of benzene rings is 3. The average molecular weight is 551 g/mol. The zero-order chi connectivity index (χ0) is 21.3. The first kappa shape index (κ1) is 20.9. The van der Waals surface area contributed by atoms with Crippen molar-refractivity contribution in [3.63, 3.8) is 0 Å². The number of carbonyl (C=O) groups excluding carboxylic acids is 1. The summed E-state index contributed by atoms with van der Waals surface area (Å²) in [6, 6.07) is 16.3. The van der Waals surface area contributed by atoms with E-state index >= 15 is 0 Å². The predicted octanol–water partition coefficient (Wildman–Crippen LogP) is 7.00. The number of nitrogens with zero attached hydrogens (tertiary/aromatic N) is 1. The van der Waals surface area contributed by atoms with Gasteiger partial charge in [-0.25, -0.2) is 4.98 Å². The first-order chi connectivity index (χ1) is 14.4. The average Bonchev–Trinajstić information content (AvgIpc) is 3.11. The van der Waals surface area contributed by atoms with Crippen LogP contribution in [0.25, 0.3) is 22.6 Å². The van der Waals surface area contributed by atoms with Gasteiger partial charge in [0.25, 0.3) is 5.91 Å². The summed E-state index contributed by atoms with van der Waals surface area (Å²) < 4.78 is 13.2. The van der Waals surface area contributed by atoms with Gasteiger partial charge in [0.1, 0.15) is 11.3 Å². The highest BCUT2D eigenvalue weighted by atomic mass is 79.9. The summed E-state index contributed by atoms with van der Waals surface area (Å²) in [5, 5.41) is 3.47.